The first-order valence-electron chi connectivity index (χ1n) is 6.06. The predicted octanol–water partition coefficient (Wildman–Crippen LogP) is 3.09. The highest BCUT2D eigenvalue weighted by molar-refractivity contribution is 5.43. The molecule has 0 N–H and O–H groups in total. The normalized spacial score (nSPS) is 9.75. The molecule has 0 aliphatic heterocycles. The lowest BCUT2D eigenvalue weighted by atomic mass is 10.1. The van der Waals surface area contributed by atoms with Crippen LogP contribution in [-0.2, 0) is 6.42 Å². The Bertz CT molecular complexity index is 662. The molecule has 20 heavy (non-hydrogen) atoms. The van der Waals surface area contributed by atoms with Crippen LogP contribution < -0.4 is 4.74 Å². The maximum absolute atomic E-state index is 10.9. The molecule has 0 unspecified atom stereocenters. The van der Waals surface area contributed by atoms with E-state index in [2.05, 4.69) is 0 Å². The highest BCUT2D eigenvalue weighted by atomic mass is 16.6. The van der Waals surface area contributed by atoms with Crippen molar-refractivity contribution >= 4 is 5.69 Å². The zero-order chi connectivity index (χ0) is 14.4. The van der Waals surface area contributed by atoms with E-state index in [9.17, 15) is 10.1 Å². The van der Waals surface area contributed by atoms with Crippen LogP contribution in [0.5, 0.6) is 5.75 Å². The Morgan fingerprint density at radius 3 is 2.60 bits per heavy atom. The van der Waals surface area contributed by atoms with Gasteiger partial charge in [0.2, 0.25) is 0 Å². The van der Waals surface area contributed by atoms with Crippen LogP contribution in [0.4, 0.5) is 5.69 Å². The van der Waals surface area contributed by atoms with Crippen LogP contribution in [0.3, 0.4) is 0 Å². The van der Waals surface area contributed by atoms with Crippen molar-refractivity contribution < 1.29 is 9.66 Å². The summed E-state index contributed by atoms with van der Waals surface area (Å²) in [5, 5.41) is 19.8. The first kappa shape index (κ1) is 13.6. The number of nitrogens with zero attached hydrogens (tertiary/aromatic N) is 2. The lowest BCUT2D eigenvalue weighted by molar-refractivity contribution is -0.385. The molecule has 2 aromatic rings. The average Bonchev–Trinajstić information content (AvgIpc) is 2.48. The molecule has 100 valence electrons. The molecule has 0 spiro atoms. The fraction of sp³-hybridized carbons (Fsp3) is 0.133. The van der Waals surface area contributed by atoms with E-state index in [4.69, 9.17) is 10.00 Å². The van der Waals surface area contributed by atoms with Gasteiger partial charge >= 0.3 is 0 Å². The van der Waals surface area contributed by atoms with E-state index in [0.29, 0.717) is 23.3 Å². The third-order valence-electron chi connectivity index (χ3n) is 2.82. The minimum absolute atomic E-state index is 0.0877. The largest absolute Gasteiger partial charge is 0.492 e. The molecule has 0 saturated heterocycles. The van der Waals surface area contributed by atoms with Crippen molar-refractivity contribution in [3.63, 3.8) is 0 Å². The Morgan fingerprint density at radius 2 is 1.85 bits per heavy atom. The van der Waals surface area contributed by atoms with Crippen molar-refractivity contribution in [3.05, 3.63) is 69.8 Å². The van der Waals surface area contributed by atoms with Gasteiger partial charge in [0, 0.05) is 18.1 Å². The average molecular weight is 268 g/mol. The second-order valence-electron chi connectivity index (χ2n) is 4.09. The third kappa shape index (κ3) is 3.12. The van der Waals surface area contributed by atoms with Crippen LogP contribution in [-0.4, -0.2) is 11.5 Å². The number of nitriles is 1. The van der Waals surface area contributed by atoms with Crippen LogP contribution in [0, 0.1) is 21.4 Å². The van der Waals surface area contributed by atoms with Gasteiger partial charge in [0.25, 0.3) is 5.69 Å². The Kier molecular flexibility index (Phi) is 4.30. The number of nitro benzene ring substituents is 1. The second-order valence-corrected chi connectivity index (χ2v) is 4.09. The summed E-state index contributed by atoms with van der Waals surface area (Å²) in [5.74, 6) is 0.494. The fourth-order valence-electron chi connectivity index (χ4n) is 1.86. The summed E-state index contributed by atoms with van der Waals surface area (Å²) in [6.07, 6.45) is 0.414. The van der Waals surface area contributed by atoms with Gasteiger partial charge in [0.1, 0.15) is 11.8 Å². The van der Waals surface area contributed by atoms with Crippen molar-refractivity contribution in [2.24, 2.45) is 0 Å². The summed E-state index contributed by atoms with van der Waals surface area (Å²) in [6, 6.07) is 15.5. The predicted molar refractivity (Wildman–Crippen MR) is 73.5 cm³/mol. The summed E-state index contributed by atoms with van der Waals surface area (Å²) >= 11 is 0. The van der Waals surface area contributed by atoms with Crippen LogP contribution in [0.1, 0.15) is 11.1 Å². The van der Waals surface area contributed by atoms with Crippen LogP contribution in [0.2, 0.25) is 0 Å². The van der Waals surface area contributed by atoms with Crippen molar-refractivity contribution in [3.8, 4) is 11.8 Å². The lowest BCUT2D eigenvalue weighted by Crippen LogP contribution is -2.04. The quantitative estimate of drug-likeness (QED) is 0.616. The van der Waals surface area contributed by atoms with Gasteiger partial charge in [0.05, 0.1) is 17.1 Å². The van der Waals surface area contributed by atoms with Crippen molar-refractivity contribution in [1.29, 1.82) is 5.26 Å². The Morgan fingerprint density at radius 1 is 1.15 bits per heavy atom. The number of para-hydroxylation sites is 2. The van der Waals surface area contributed by atoms with Gasteiger partial charge in [-0.05, 0) is 12.1 Å². The summed E-state index contributed by atoms with van der Waals surface area (Å²) in [5.41, 5.74) is 1.16. The molecular formula is C15H12N2O3. The molecule has 2 aromatic carbocycles. The number of nitro groups is 1. The van der Waals surface area contributed by atoms with Gasteiger partial charge in [-0.25, -0.2) is 0 Å². The number of hydrogen-bond donors (Lipinski definition) is 0. The molecule has 0 heterocycles. The highest BCUT2D eigenvalue weighted by Gasteiger charge is 2.12. The van der Waals surface area contributed by atoms with Crippen LogP contribution in [0.25, 0.3) is 0 Å². The van der Waals surface area contributed by atoms with Crippen molar-refractivity contribution in [2.75, 3.05) is 6.61 Å². The summed E-state index contributed by atoms with van der Waals surface area (Å²) < 4.78 is 5.52. The zero-order valence-electron chi connectivity index (χ0n) is 10.7. The van der Waals surface area contributed by atoms with Gasteiger partial charge in [-0.1, -0.05) is 30.3 Å². The fourth-order valence-corrected chi connectivity index (χ4v) is 1.86. The first-order chi connectivity index (χ1) is 9.72. The maximum Gasteiger partial charge on any atom is 0.272 e. The topological polar surface area (TPSA) is 76.2 Å². The molecule has 0 saturated carbocycles. The molecule has 0 bridgehead atoms. The monoisotopic (exact) mass is 268 g/mol. The molecule has 0 radical (unpaired) electrons. The second kappa shape index (κ2) is 6.34. The van der Waals surface area contributed by atoms with Crippen molar-refractivity contribution in [2.45, 2.75) is 6.42 Å². The Hall–Kier alpha value is -2.87. The molecule has 5 nitrogen and oxygen atoms in total. The lowest BCUT2D eigenvalue weighted by Gasteiger charge is -2.07. The maximum atomic E-state index is 10.9. The molecule has 0 fully saturated rings. The van der Waals surface area contributed by atoms with Crippen molar-refractivity contribution in [1.82, 2.24) is 0 Å². The van der Waals surface area contributed by atoms with E-state index >= 15 is 0 Å². The standard InChI is InChI=1S/C15H12N2O3/c16-11-13-6-2-4-8-15(13)20-10-9-12-5-1-3-7-14(12)17(18)19/h1-8H,9-10H2. The number of ether oxygens (including phenoxy) is 1. The summed E-state index contributed by atoms with van der Waals surface area (Å²) in [4.78, 5) is 10.5. The molecule has 0 atom stereocenters. The smallest absolute Gasteiger partial charge is 0.272 e. The van der Waals surface area contributed by atoms with E-state index in [1.165, 1.54) is 6.07 Å². The van der Waals surface area contributed by atoms with Gasteiger partial charge in [-0.2, -0.15) is 5.26 Å². The van der Waals surface area contributed by atoms with E-state index in [1.54, 1.807) is 42.5 Å². The minimum atomic E-state index is -0.404. The van der Waals surface area contributed by atoms with Gasteiger partial charge in [-0.3, -0.25) is 10.1 Å². The minimum Gasteiger partial charge on any atom is -0.492 e. The van der Waals surface area contributed by atoms with Crippen LogP contribution >= 0.6 is 0 Å². The van der Waals surface area contributed by atoms with Crippen LogP contribution in [0.15, 0.2) is 48.5 Å². The number of hydrogen-bond acceptors (Lipinski definition) is 4. The molecular weight excluding hydrogens is 256 g/mol. The molecule has 0 amide bonds. The summed E-state index contributed by atoms with van der Waals surface area (Å²) in [7, 11) is 0. The summed E-state index contributed by atoms with van der Waals surface area (Å²) in [6.45, 7) is 0.281. The van der Waals surface area contributed by atoms with E-state index in [1.807, 2.05) is 6.07 Å². The highest BCUT2D eigenvalue weighted by Crippen LogP contribution is 2.20. The third-order valence-corrected chi connectivity index (χ3v) is 2.82. The van der Waals surface area contributed by atoms with Gasteiger partial charge < -0.3 is 4.74 Å². The Labute approximate surface area is 116 Å². The SMILES string of the molecule is N#Cc1ccccc1OCCc1ccccc1[N+](=O)[O-]. The van der Waals surface area contributed by atoms with E-state index in [-0.39, 0.29) is 12.3 Å². The molecule has 0 aromatic heterocycles. The first-order valence-corrected chi connectivity index (χ1v) is 6.06. The molecule has 5 heteroatoms. The number of rotatable bonds is 5. The number of benzene rings is 2. The van der Waals surface area contributed by atoms with Gasteiger partial charge in [-0.15, -0.1) is 0 Å². The van der Waals surface area contributed by atoms with E-state index < -0.39 is 4.92 Å². The van der Waals surface area contributed by atoms with Gasteiger partial charge in [0.15, 0.2) is 0 Å². The Balaban J connectivity index is 2.04. The molecule has 0 aliphatic rings. The van der Waals surface area contributed by atoms with E-state index in [0.717, 1.165) is 0 Å². The zero-order valence-corrected chi connectivity index (χ0v) is 10.7. The molecule has 0 aliphatic carbocycles. The molecule has 2 rings (SSSR count).